The summed E-state index contributed by atoms with van der Waals surface area (Å²) in [4.78, 5) is 12.0. The maximum absolute atomic E-state index is 14.7. The molecule has 37 heavy (non-hydrogen) atoms. The van der Waals surface area contributed by atoms with Crippen molar-refractivity contribution in [3.8, 4) is 23.4 Å². The van der Waals surface area contributed by atoms with E-state index in [4.69, 9.17) is 0 Å². The lowest BCUT2D eigenvalue weighted by atomic mass is 10.1. The Morgan fingerprint density at radius 3 is 2.46 bits per heavy atom. The molecule has 0 saturated heterocycles. The summed E-state index contributed by atoms with van der Waals surface area (Å²) in [6.45, 7) is 0.350. The van der Waals surface area contributed by atoms with E-state index >= 15 is 0 Å². The van der Waals surface area contributed by atoms with Gasteiger partial charge in [0, 0.05) is 30.6 Å². The van der Waals surface area contributed by atoms with E-state index in [9.17, 15) is 36.3 Å². The van der Waals surface area contributed by atoms with Gasteiger partial charge in [0.05, 0.1) is 22.5 Å². The van der Waals surface area contributed by atoms with Crippen molar-refractivity contribution < 1.29 is 31.1 Å². The number of nitriles is 1. The van der Waals surface area contributed by atoms with Crippen LogP contribution in [0.5, 0.6) is 0 Å². The fraction of sp³-hybridized carbons (Fsp3) is 0.217. The largest absolute Gasteiger partial charge is 0.404 e. The molecule has 0 amide bonds. The summed E-state index contributed by atoms with van der Waals surface area (Å²) >= 11 is 0. The molecule has 1 aromatic carbocycles. The fourth-order valence-corrected chi connectivity index (χ4v) is 4.85. The average Bonchev–Trinajstić information content (AvgIpc) is 3.17. The molecule has 1 unspecified atom stereocenters. The maximum Gasteiger partial charge on any atom is 0.404 e. The summed E-state index contributed by atoms with van der Waals surface area (Å²) in [6.07, 6.45) is -1.04. The van der Waals surface area contributed by atoms with Crippen LogP contribution in [0.25, 0.3) is 28.2 Å². The number of aliphatic hydroxyl groups excluding tert-OH is 1. The van der Waals surface area contributed by atoms with Crippen LogP contribution in [0.2, 0.25) is 0 Å². The average molecular weight is 534 g/mol. The van der Waals surface area contributed by atoms with E-state index in [1.54, 1.807) is 10.8 Å². The predicted octanol–water partition coefficient (Wildman–Crippen LogP) is 3.26. The van der Waals surface area contributed by atoms with Crippen LogP contribution < -0.4 is 4.72 Å². The number of fused-ring (bicyclic) bond motifs is 1. The highest BCUT2D eigenvalue weighted by atomic mass is 32.2. The van der Waals surface area contributed by atoms with Crippen molar-refractivity contribution in [2.75, 3.05) is 6.61 Å². The van der Waals surface area contributed by atoms with Crippen LogP contribution in [0.3, 0.4) is 0 Å². The third-order valence-corrected chi connectivity index (χ3v) is 7.02. The Kier molecular flexibility index (Phi) is 6.96. The molecule has 192 valence electrons. The van der Waals surface area contributed by atoms with Crippen molar-refractivity contribution in [2.24, 2.45) is 0 Å². The lowest BCUT2D eigenvalue weighted by Gasteiger charge is -2.17. The molecule has 2 N–H and O–H groups in total. The first-order valence-corrected chi connectivity index (χ1v) is 12.2. The van der Waals surface area contributed by atoms with E-state index in [1.165, 1.54) is 29.1 Å². The normalized spacial score (nSPS) is 13.0. The molecule has 0 aliphatic carbocycles. The van der Waals surface area contributed by atoms with Gasteiger partial charge in [-0.1, -0.05) is 0 Å². The molecule has 14 heteroatoms. The smallest absolute Gasteiger partial charge is 0.396 e. The van der Waals surface area contributed by atoms with Crippen LogP contribution in [0.1, 0.15) is 18.1 Å². The molecule has 3 heterocycles. The van der Waals surface area contributed by atoms with Gasteiger partial charge in [-0.3, -0.25) is 9.55 Å². The highest BCUT2D eigenvalue weighted by Gasteiger charge is 2.39. The van der Waals surface area contributed by atoms with E-state index in [1.807, 2.05) is 6.07 Å². The van der Waals surface area contributed by atoms with Gasteiger partial charge in [0.15, 0.2) is 0 Å². The van der Waals surface area contributed by atoms with Gasteiger partial charge in [0.1, 0.15) is 22.8 Å². The quantitative estimate of drug-likeness (QED) is 0.348. The number of alkyl halides is 3. The molecule has 3 aromatic heterocycles. The van der Waals surface area contributed by atoms with Gasteiger partial charge in [-0.05, 0) is 49.2 Å². The van der Waals surface area contributed by atoms with Crippen molar-refractivity contribution in [1.82, 2.24) is 24.2 Å². The van der Waals surface area contributed by atoms with Crippen LogP contribution in [-0.4, -0.2) is 51.9 Å². The molecule has 1 atom stereocenters. The predicted molar refractivity (Wildman–Crippen MR) is 123 cm³/mol. The molecule has 0 radical (unpaired) electrons. The van der Waals surface area contributed by atoms with Gasteiger partial charge in [-0.25, -0.2) is 22.8 Å². The Hall–Kier alpha value is -3.93. The number of nitrogens with one attached hydrogen (secondary N) is 1. The number of rotatable bonds is 7. The molecule has 0 bridgehead atoms. The lowest BCUT2D eigenvalue weighted by molar-refractivity contribution is -0.147. The molecule has 0 aliphatic heterocycles. The van der Waals surface area contributed by atoms with E-state index in [0.717, 1.165) is 18.3 Å². The Labute approximate surface area is 208 Å². The second-order valence-corrected chi connectivity index (χ2v) is 9.63. The van der Waals surface area contributed by atoms with Gasteiger partial charge in [0.2, 0.25) is 16.0 Å². The molecule has 9 nitrogen and oxygen atoms in total. The molecule has 0 saturated carbocycles. The minimum atomic E-state index is -4.79. The van der Waals surface area contributed by atoms with Gasteiger partial charge in [0.25, 0.3) is 0 Å². The Bertz CT molecular complexity index is 1600. The number of benzene rings is 1. The summed E-state index contributed by atoms with van der Waals surface area (Å²) in [5.74, 6) is -0.542. The number of aliphatic hydroxyl groups is 1. The summed E-state index contributed by atoms with van der Waals surface area (Å²) < 4.78 is 81.1. The first kappa shape index (κ1) is 26.1. The molecule has 4 rings (SSSR count). The number of hydrogen-bond donors (Lipinski definition) is 2. The van der Waals surface area contributed by atoms with Crippen LogP contribution in [0.4, 0.5) is 17.6 Å². The van der Waals surface area contributed by atoms with Crippen molar-refractivity contribution in [3.05, 3.63) is 65.9 Å². The fourth-order valence-electron chi connectivity index (χ4n) is 3.68. The summed E-state index contributed by atoms with van der Waals surface area (Å²) in [7, 11) is -4.56. The van der Waals surface area contributed by atoms with Crippen molar-refractivity contribution in [3.63, 3.8) is 0 Å². The van der Waals surface area contributed by atoms with Crippen LogP contribution in [0, 0.1) is 17.1 Å². The van der Waals surface area contributed by atoms with Gasteiger partial charge < -0.3 is 5.11 Å². The van der Waals surface area contributed by atoms with E-state index in [2.05, 4.69) is 15.0 Å². The highest BCUT2D eigenvalue weighted by molar-refractivity contribution is 7.89. The minimum absolute atomic E-state index is 0.00791. The maximum atomic E-state index is 14.7. The third-order valence-electron chi connectivity index (χ3n) is 5.49. The third kappa shape index (κ3) is 5.01. The molecule has 0 fully saturated rings. The van der Waals surface area contributed by atoms with E-state index in [0.29, 0.717) is 12.4 Å². The molecule has 4 aromatic rings. The number of nitrogens with zero attached hydrogens (tertiary/aromatic N) is 5. The summed E-state index contributed by atoms with van der Waals surface area (Å²) in [5, 5.41) is 19.5. The van der Waals surface area contributed by atoms with Crippen LogP contribution >= 0.6 is 0 Å². The lowest BCUT2D eigenvalue weighted by Crippen LogP contribution is -2.42. The standard InChI is InChI=1S/C23H18F4N6O3S/c1-13(23(25,26)27)32-37(35,36)15-3-4-19(31-12-15)21-17(11-28)16-10-18(24)14(5-8-34)9-20(16)33(21)22-29-6-2-7-30-22/h2-4,6-7,9-10,12-13,32,34H,5,8H2,1H3. The molecular formula is C23H18F4N6O3S. The van der Waals surface area contributed by atoms with Crippen molar-refractivity contribution >= 4 is 20.9 Å². The minimum Gasteiger partial charge on any atom is -0.396 e. The van der Waals surface area contributed by atoms with Crippen molar-refractivity contribution in [2.45, 2.75) is 30.5 Å². The first-order chi connectivity index (χ1) is 17.5. The Balaban J connectivity index is 1.91. The molecule has 0 spiro atoms. The Morgan fingerprint density at radius 2 is 1.89 bits per heavy atom. The summed E-state index contributed by atoms with van der Waals surface area (Å²) in [6, 6.07) is 6.08. The second-order valence-electron chi connectivity index (χ2n) is 7.92. The SMILES string of the molecule is CC(NS(=O)(=O)c1ccc(-c2c(C#N)c3cc(F)c(CCO)cc3n2-c2ncccn2)nc1)C(F)(F)F. The molecule has 0 aliphatic rings. The van der Waals surface area contributed by atoms with Crippen LogP contribution in [-0.2, 0) is 16.4 Å². The Morgan fingerprint density at radius 1 is 1.19 bits per heavy atom. The van der Waals surface area contributed by atoms with Crippen LogP contribution in [0.15, 0.2) is 53.8 Å². The second kappa shape index (κ2) is 9.85. The zero-order chi connectivity index (χ0) is 27.0. The number of halogens is 4. The zero-order valence-electron chi connectivity index (χ0n) is 19.0. The van der Waals surface area contributed by atoms with E-state index < -0.39 is 33.0 Å². The number of aromatic nitrogens is 4. The number of hydrogen-bond acceptors (Lipinski definition) is 7. The van der Waals surface area contributed by atoms with Gasteiger partial charge >= 0.3 is 6.18 Å². The number of sulfonamides is 1. The van der Waals surface area contributed by atoms with Crippen molar-refractivity contribution in [1.29, 1.82) is 5.26 Å². The summed E-state index contributed by atoms with van der Waals surface area (Å²) in [5.41, 5.74) is 0.683. The monoisotopic (exact) mass is 534 g/mol. The topological polar surface area (TPSA) is 134 Å². The first-order valence-electron chi connectivity index (χ1n) is 10.7. The van der Waals surface area contributed by atoms with E-state index in [-0.39, 0.29) is 46.9 Å². The van der Waals surface area contributed by atoms with Gasteiger partial charge in [-0.15, -0.1) is 0 Å². The molecular weight excluding hydrogens is 516 g/mol. The number of pyridine rings is 1. The van der Waals surface area contributed by atoms with Gasteiger partial charge in [-0.2, -0.15) is 23.2 Å². The highest BCUT2D eigenvalue weighted by Crippen LogP contribution is 2.36. The zero-order valence-corrected chi connectivity index (χ0v) is 19.8.